The van der Waals surface area contributed by atoms with Crippen LogP contribution >= 0.6 is 0 Å². The Morgan fingerprint density at radius 1 is 1.24 bits per heavy atom. The molecule has 0 aromatic heterocycles. The van der Waals surface area contributed by atoms with Gasteiger partial charge in [0, 0.05) is 6.42 Å². The molecule has 17 heavy (non-hydrogen) atoms. The van der Waals surface area contributed by atoms with Gasteiger partial charge in [0.05, 0.1) is 6.04 Å². The number of hydrogen-bond acceptors (Lipinski definition) is 2. The third kappa shape index (κ3) is 2.27. The van der Waals surface area contributed by atoms with Gasteiger partial charge in [-0.2, -0.15) is 0 Å². The molecule has 0 amide bonds. The fourth-order valence-electron chi connectivity index (χ4n) is 3.02. The number of aryl methyl sites for hydroxylation is 2. The van der Waals surface area contributed by atoms with E-state index >= 15 is 0 Å². The second-order valence-corrected chi connectivity index (χ2v) is 5.25. The van der Waals surface area contributed by atoms with Gasteiger partial charge < -0.3 is 5.32 Å². The largest absolute Gasteiger partial charge is 0.307 e. The molecule has 1 heterocycles. The third-order valence-corrected chi connectivity index (χ3v) is 3.99. The average Bonchev–Trinajstić information content (AvgIpc) is 2.99. The summed E-state index contributed by atoms with van der Waals surface area (Å²) in [6, 6.07) is 6.71. The van der Waals surface area contributed by atoms with Gasteiger partial charge in [0.1, 0.15) is 0 Å². The minimum atomic E-state index is 0.114. The monoisotopic (exact) mass is 229 g/mol. The second-order valence-electron chi connectivity index (χ2n) is 5.25. The number of carbonyl (C=O) groups is 1. The summed E-state index contributed by atoms with van der Waals surface area (Å²) in [5.74, 6) is 0.362. The van der Waals surface area contributed by atoms with Gasteiger partial charge in [-0.1, -0.05) is 18.2 Å². The Kier molecular flexibility index (Phi) is 2.98. The summed E-state index contributed by atoms with van der Waals surface area (Å²) < 4.78 is 0. The molecule has 2 aliphatic rings. The van der Waals surface area contributed by atoms with E-state index in [0.717, 1.165) is 19.4 Å². The molecular weight excluding hydrogens is 210 g/mol. The van der Waals surface area contributed by atoms with Crippen molar-refractivity contribution in [3.63, 3.8) is 0 Å². The Morgan fingerprint density at radius 3 is 2.94 bits per heavy atom. The lowest BCUT2D eigenvalue weighted by molar-refractivity contribution is -0.120. The normalized spacial score (nSPS) is 22.7. The Labute approximate surface area is 102 Å². The van der Waals surface area contributed by atoms with Crippen LogP contribution in [0.15, 0.2) is 18.2 Å². The molecule has 1 atom stereocenters. The standard InChI is InChI=1S/C15H19NO/c17-15(14-5-2-8-16-14)10-11-6-7-12-3-1-4-13(12)9-11/h6-7,9,14,16H,1-5,8,10H2. The zero-order chi connectivity index (χ0) is 11.7. The van der Waals surface area contributed by atoms with Gasteiger partial charge in [0.2, 0.25) is 0 Å². The number of carbonyl (C=O) groups excluding carboxylic acids is 1. The quantitative estimate of drug-likeness (QED) is 0.859. The maximum atomic E-state index is 12.1. The summed E-state index contributed by atoms with van der Waals surface area (Å²) in [6.45, 7) is 1.00. The first-order valence-electron chi connectivity index (χ1n) is 6.70. The first-order chi connectivity index (χ1) is 8.33. The van der Waals surface area contributed by atoms with Crippen LogP contribution < -0.4 is 5.32 Å². The van der Waals surface area contributed by atoms with Crippen LogP contribution in [0.1, 0.15) is 36.0 Å². The van der Waals surface area contributed by atoms with Gasteiger partial charge in [-0.05, 0) is 55.3 Å². The van der Waals surface area contributed by atoms with Gasteiger partial charge in [-0.3, -0.25) is 4.79 Å². The van der Waals surface area contributed by atoms with Crippen LogP contribution in [0.25, 0.3) is 0 Å². The van der Waals surface area contributed by atoms with Gasteiger partial charge >= 0.3 is 0 Å². The summed E-state index contributed by atoms with van der Waals surface area (Å²) in [4.78, 5) is 12.1. The number of hydrogen-bond donors (Lipinski definition) is 1. The molecule has 1 aromatic carbocycles. The van der Waals surface area contributed by atoms with Gasteiger partial charge in [0.25, 0.3) is 0 Å². The predicted octanol–water partition coefficient (Wildman–Crippen LogP) is 2.04. The number of Topliss-reactive ketones (excluding diaryl/α,β-unsaturated/α-hetero) is 1. The number of nitrogens with one attached hydrogen (secondary N) is 1. The number of rotatable bonds is 3. The van der Waals surface area contributed by atoms with Crippen molar-refractivity contribution in [3.8, 4) is 0 Å². The molecule has 0 saturated carbocycles. The van der Waals surface area contributed by atoms with E-state index < -0.39 is 0 Å². The van der Waals surface area contributed by atoms with E-state index in [2.05, 4.69) is 23.5 Å². The van der Waals surface area contributed by atoms with E-state index in [1.54, 1.807) is 0 Å². The topological polar surface area (TPSA) is 29.1 Å². The molecule has 1 saturated heterocycles. The van der Waals surface area contributed by atoms with Crippen LogP contribution in [0.2, 0.25) is 0 Å². The maximum absolute atomic E-state index is 12.1. The minimum Gasteiger partial charge on any atom is -0.307 e. The molecule has 1 unspecified atom stereocenters. The van der Waals surface area contributed by atoms with E-state index in [-0.39, 0.29) is 6.04 Å². The molecule has 1 aromatic rings. The number of benzene rings is 1. The highest BCUT2D eigenvalue weighted by molar-refractivity contribution is 5.86. The second kappa shape index (κ2) is 4.61. The molecule has 1 aliphatic carbocycles. The highest BCUT2D eigenvalue weighted by atomic mass is 16.1. The zero-order valence-electron chi connectivity index (χ0n) is 10.2. The minimum absolute atomic E-state index is 0.114. The molecule has 2 heteroatoms. The van der Waals surface area contributed by atoms with Crippen molar-refractivity contribution in [2.45, 2.75) is 44.6 Å². The van der Waals surface area contributed by atoms with Crippen molar-refractivity contribution < 1.29 is 4.79 Å². The lowest BCUT2D eigenvalue weighted by Crippen LogP contribution is -2.31. The number of ketones is 1. The summed E-state index contributed by atoms with van der Waals surface area (Å²) in [6.07, 6.45) is 6.44. The summed E-state index contributed by atoms with van der Waals surface area (Å²) >= 11 is 0. The third-order valence-electron chi connectivity index (χ3n) is 3.99. The lowest BCUT2D eigenvalue weighted by atomic mass is 9.99. The summed E-state index contributed by atoms with van der Waals surface area (Å²) in [7, 11) is 0. The highest BCUT2D eigenvalue weighted by Gasteiger charge is 2.22. The van der Waals surface area contributed by atoms with Crippen LogP contribution in [-0.2, 0) is 24.1 Å². The highest BCUT2D eigenvalue weighted by Crippen LogP contribution is 2.23. The van der Waals surface area contributed by atoms with Crippen molar-refractivity contribution in [1.82, 2.24) is 5.32 Å². The Morgan fingerprint density at radius 2 is 2.12 bits per heavy atom. The van der Waals surface area contributed by atoms with E-state index in [1.807, 2.05) is 0 Å². The Balaban J connectivity index is 1.70. The van der Waals surface area contributed by atoms with E-state index in [0.29, 0.717) is 12.2 Å². The molecule has 1 aliphatic heterocycles. The molecule has 1 N–H and O–H groups in total. The fourth-order valence-corrected chi connectivity index (χ4v) is 3.02. The molecule has 3 rings (SSSR count). The van der Waals surface area contributed by atoms with Crippen LogP contribution in [0, 0.1) is 0 Å². The van der Waals surface area contributed by atoms with Crippen molar-refractivity contribution in [3.05, 3.63) is 34.9 Å². The van der Waals surface area contributed by atoms with Crippen LogP contribution in [0.4, 0.5) is 0 Å². The Hall–Kier alpha value is -1.15. The van der Waals surface area contributed by atoms with Crippen molar-refractivity contribution in [2.24, 2.45) is 0 Å². The van der Waals surface area contributed by atoms with E-state index in [9.17, 15) is 4.79 Å². The van der Waals surface area contributed by atoms with Crippen LogP contribution in [0.5, 0.6) is 0 Å². The molecule has 1 fully saturated rings. The summed E-state index contributed by atoms with van der Waals surface area (Å²) in [5.41, 5.74) is 4.15. The van der Waals surface area contributed by atoms with Crippen molar-refractivity contribution >= 4 is 5.78 Å². The van der Waals surface area contributed by atoms with Crippen LogP contribution in [-0.4, -0.2) is 18.4 Å². The molecule has 0 bridgehead atoms. The van der Waals surface area contributed by atoms with E-state index in [4.69, 9.17) is 0 Å². The number of fused-ring (bicyclic) bond motifs is 1. The fraction of sp³-hybridized carbons (Fsp3) is 0.533. The predicted molar refractivity (Wildman–Crippen MR) is 68.2 cm³/mol. The van der Waals surface area contributed by atoms with Crippen molar-refractivity contribution in [1.29, 1.82) is 0 Å². The molecule has 90 valence electrons. The van der Waals surface area contributed by atoms with Crippen molar-refractivity contribution in [2.75, 3.05) is 6.54 Å². The first kappa shape index (κ1) is 11.0. The molecule has 0 spiro atoms. The molecule has 2 nitrogen and oxygen atoms in total. The average molecular weight is 229 g/mol. The van der Waals surface area contributed by atoms with Gasteiger partial charge in [0.15, 0.2) is 5.78 Å². The van der Waals surface area contributed by atoms with Gasteiger partial charge in [-0.15, -0.1) is 0 Å². The molecular formula is C15H19NO. The SMILES string of the molecule is O=C(Cc1ccc2c(c1)CCC2)C1CCCN1. The molecule has 0 radical (unpaired) electrons. The summed E-state index contributed by atoms with van der Waals surface area (Å²) in [5, 5.41) is 3.28. The smallest absolute Gasteiger partial charge is 0.154 e. The lowest BCUT2D eigenvalue weighted by Gasteiger charge is -2.09. The van der Waals surface area contributed by atoms with Gasteiger partial charge in [-0.25, -0.2) is 0 Å². The zero-order valence-corrected chi connectivity index (χ0v) is 10.2. The maximum Gasteiger partial charge on any atom is 0.154 e. The first-order valence-corrected chi connectivity index (χ1v) is 6.70. The van der Waals surface area contributed by atoms with E-state index in [1.165, 1.54) is 36.0 Å². The van der Waals surface area contributed by atoms with Crippen LogP contribution in [0.3, 0.4) is 0 Å². The Bertz CT molecular complexity index is 433.